The van der Waals surface area contributed by atoms with Crippen molar-refractivity contribution in [1.82, 2.24) is 0 Å². The van der Waals surface area contributed by atoms with E-state index in [0.29, 0.717) is 0 Å². The molecule has 1 amide bonds. The first-order chi connectivity index (χ1) is 23.4. The Kier molecular flexibility index (Phi) is 14.2. The van der Waals surface area contributed by atoms with Gasteiger partial charge in [0.15, 0.2) is 5.75 Å². The minimum Gasteiger partial charge on any atom is -0.871 e. The molecule has 5 rings (SSSR count). The molecule has 246 valence electrons. The fourth-order valence-electron chi connectivity index (χ4n) is 4.02. The van der Waals surface area contributed by atoms with Crippen molar-refractivity contribution < 1.29 is 102 Å². The Labute approximate surface area is 333 Å². The van der Waals surface area contributed by atoms with Crippen molar-refractivity contribution in [3.63, 3.8) is 0 Å². The predicted molar refractivity (Wildman–Crippen MR) is 170 cm³/mol. The third-order valence-electron chi connectivity index (χ3n) is 6.46. The molecule has 0 aromatic heterocycles. The number of azo groups is 3. The molecule has 5 aromatic carbocycles. The number of aromatic hydroxyl groups is 1. The quantitative estimate of drug-likeness (QED) is 0.0908. The molecular weight excluding hydrogens is 704 g/mol. The molecule has 16 nitrogen and oxygen atoms in total. The van der Waals surface area contributed by atoms with Gasteiger partial charge in [-0.05, 0) is 78.9 Å². The molecule has 0 heterocycles. The molecule has 0 radical (unpaired) electrons. The number of carbonyl (C=O) groups is 2. The second kappa shape index (κ2) is 17.9. The van der Waals surface area contributed by atoms with Crippen LogP contribution in [0.3, 0.4) is 0 Å². The average Bonchev–Trinajstić information content (AvgIpc) is 3.08. The second-order valence-corrected chi connectivity index (χ2v) is 11.3. The Hall–Kier alpha value is -4.85. The van der Waals surface area contributed by atoms with E-state index in [2.05, 4.69) is 36.0 Å². The van der Waals surface area contributed by atoms with Crippen LogP contribution >= 0.6 is 0 Å². The molecule has 0 fully saturated rings. The van der Waals surface area contributed by atoms with Crippen molar-refractivity contribution >= 4 is 61.8 Å². The van der Waals surface area contributed by atoms with Crippen molar-refractivity contribution in [3.8, 4) is 17.2 Å². The van der Waals surface area contributed by atoms with Gasteiger partial charge in [0.25, 0.3) is 16.0 Å². The molecular formula is C32H21N7Na2O9S. The van der Waals surface area contributed by atoms with Gasteiger partial charge in [-0.15, -0.1) is 10.2 Å². The Morgan fingerprint density at radius 3 is 1.92 bits per heavy atom. The third kappa shape index (κ3) is 10.8. The number of carboxylic acids is 1. The van der Waals surface area contributed by atoms with E-state index in [-0.39, 0.29) is 109 Å². The Morgan fingerprint density at radius 1 is 0.627 bits per heavy atom. The van der Waals surface area contributed by atoms with Crippen molar-refractivity contribution in [3.05, 3.63) is 114 Å². The number of hydrogen-bond donors (Lipinski definition) is 4. The van der Waals surface area contributed by atoms with Crippen LogP contribution < -0.4 is 74.6 Å². The van der Waals surface area contributed by atoms with Gasteiger partial charge in [0, 0.05) is 11.3 Å². The number of phenolic OH excluding ortho intramolecular Hbond substituents is 1. The fourth-order valence-corrected chi connectivity index (χ4v) is 4.54. The summed E-state index contributed by atoms with van der Waals surface area (Å²) >= 11 is 0. The molecule has 0 saturated carbocycles. The summed E-state index contributed by atoms with van der Waals surface area (Å²) in [7, 11) is -4.45. The molecule has 0 aliphatic rings. The summed E-state index contributed by atoms with van der Waals surface area (Å²) in [6.07, 6.45) is 0. The van der Waals surface area contributed by atoms with Crippen molar-refractivity contribution in [2.45, 2.75) is 4.90 Å². The standard InChI is InChI=1S/C32H23N7O9S.2Na/c40-27-13-11-23(36-35-22-5-2-6-24(16-22)49(46,47)48)17-26(27)38-37-25-12-14-28(41)29(30(25)42)39-34-20-9-7-18(8-10-20)31(43)33-21-4-1-3-19(15-21)32(44)45;;/h1-17,40-42H,(H,33,43)(H,44,45)(H,46,47,48);;/q;2*+1/p-2. The number of amides is 1. The summed E-state index contributed by atoms with van der Waals surface area (Å²) in [6.45, 7) is 0. The number of nitrogens with zero attached hydrogens (tertiary/aromatic N) is 6. The SMILES string of the molecule is O=C(O)c1cccc(NC(=O)c2ccc(N=Nc3c([O-])ccc(N=Nc4cc(N=Nc5cccc(S(=O)(=O)O)c5)ccc4[O-])c3O)cc2)c1.[Na+].[Na+]. The number of anilines is 1. The maximum Gasteiger partial charge on any atom is 1.00 e. The predicted octanol–water partition coefficient (Wildman–Crippen LogP) is 0.991. The molecule has 0 aliphatic carbocycles. The number of carbonyl (C=O) groups excluding carboxylic acids is 1. The maximum absolute atomic E-state index is 12.6. The Balaban J connectivity index is 0.00000351. The van der Waals surface area contributed by atoms with Crippen LogP contribution in [0, 0.1) is 0 Å². The number of nitrogens with one attached hydrogen (secondary N) is 1. The van der Waals surface area contributed by atoms with E-state index in [9.17, 15) is 37.9 Å². The van der Waals surface area contributed by atoms with Crippen LogP contribution in [0.5, 0.6) is 17.2 Å². The van der Waals surface area contributed by atoms with Crippen LogP contribution in [0.25, 0.3) is 0 Å². The molecule has 0 atom stereocenters. The number of hydrogen-bond acceptors (Lipinski definition) is 13. The summed E-state index contributed by atoms with van der Waals surface area (Å²) < 4.78 is 31.9. The first-order valence-corrected chi connectivity index (χ1v) is 15.2. The summed E-state index contributed by atoms with van der Waals surface area (Å²) in [5.41, 5.74) is 0.132. The van der Waals surface area contributed by atoms with Gasteiger partial charge in [-0.25, -0.2) is 4.79 Å². The van der Waals surface area contributed by atoms with Crippen LogP contribution in [-0.4, -0.2) is 35.1 Å². The normalized spacial score (nSPS) is 11.3. The van der Waals surface area contributed by atoms with Gasteiger partial charge in [-0.3, -0.25) is 9.35 Å². The minimum absolute atomic E-state index is 0. The minimum atomic E-state index is -4.45. The van der Waals surface area contributed by atoms with E-state index < -0.39 is 44.9 Å². The van der Waals surface area contributed by atoms with E-state index in [4.69, 9.17) is 5.11 Å². The average molecular weight is 726 g/mol. The fraction of sp³-hybridized carbons (Fsp3) is 0. The maximum atomic E-state index is 12.6. The first-order valence-electron chi connectivity index (χ1n) is 13.8. The van der Waals surface area contributed by atoms with Gasteiger partial charge < -0.3 is 25.7 Å². The van der Waals surface area contributed by atoms with Gasteiger partial charge >= 0.3 is 65.1 Å². The van der Waals surface area contributed by atoms with Crippen molar-refractivity contribution in [1.29, 1.82) is 0 Å². The molecule has 4 N–H and O–H groups in total. The third-order valence-corrected chi connectivity index (χ3v) is 7.31. The zero-order chi connectivity index (χ0) is 35.1. The van der Waals surface area contributed by atoms with E-state index in [1.165, 1.54) is 78.9 Å². The summed E-state index contributed by atoms with van der Waals surface area (Å²) in [5, 5.41) is 70.5. The number of rotatable bonds is 10. The van der Waals surface area contributed by atoms with Crippen LogP contribution in [0.1, 0.15) is 20.7 Å². The van der Waals surface area contributed by atoms with Gasteiger partial charge in [0.2, 0.25) is 0 Å². The zero-order valence-corrected chi connectivity index (χ0v) is 31.5. The molecule has 51 heavy (non-hydrogen) atoms. The van der Waals surface area contributed by atoms with Crippen LogP contribution in [-0.2, 0) is 10.1 Å². The summed E-state index contributed by atoms with van der Waals surface area (Å²) in [4.78, 5) is 23.4. The number of aromatic carboxylic acids is 1. The summed E-state index contributed by atoms with van der Waals surface area (Å²) in [5.74, 6) is -3.56. The molecule has 5 aromatic rings. The van der Waals surface area contributed by atoms with Gasteiger partial charge in [-0.2, -0.15) is 28.9 Å². The molecule has 0 spiro atoms. The molecule has 19 heteroatoms. The van der Waals surface area contributed by atoms with Gasteiger partial charge in [0.1, 0.15) is 11.4 Å². The Morgan fingerprint density at radius 2 is 1.24 bits per heavy atom. The van der Waals surface area contributed by atoms with E-state index in [0.717, 1.165) is 24.3 Å². The van der Waals surface area contributed by atoms with Crippen LogP contribution in [0.4, 0.5) is 39.8 Å². The largest absolute Gasteiger partial charge is 1.00 e. The van der Waals surface area contributed by atoms with Crippen molar-refractivity contribution in [2.75, 3.05) is 5.32 Å². The van der Waals surface area contributed by atoms with Crippen LogP contribution in [0.15, 0.2) is 139 Å². The van der Waals surface area contributed by atoms with E-state index in [1.54, 1.807) is 0 Å². The molecule has 0 bridgehead atoms. The monoisotopic (exact) mass is 725 g/mol. The van der Waals surface area contributed by atoms with Crippen molar-refractivity contribution in [2.24, 2.45) is 30.7 Å². The second-order valence-electron chi connectivity index (χ2n) is 9.89. The number of carboxylic acid groups (broad SMARTS) is 1. The van der Waals surface area contributed by atoms with E-state index in [1.807, 2.05) is 0 Å². The number of benzene rings is 5. The number of phenols is 1. The molecule has 0 saturated heterocycles. The molecule has 0 unspecified atom stereocenters. The van der Waals surface area contributed by atoms with Crippen LogP contribution in [0.2, 0.25) is 0 Å². The topological polar surface area (TPSA) is 261 Å². The smallest absolute Gasteiger partial charge is 0.871 e. The zero-order valence-electron chi connectivity index (χ0n) is 26.7. The molecule has 0 aliphatic heterocycles. The van der Waals surface area contributed by atoms with E-state index >= 15 is 0 Å². The summed E-state index contributed by atoms with van der Waals surface area (Å²) in [6, 6.07) is 22.5. The van der Waals surface area contributed by atoms with Gasteiger partial charge in [0.05, 0.1) is 33.2 Å². The first kappa shape index (κ1) is 40.6. The van der Waals surface area contributed by atoms with Gasteiger partial charge in [-0.1, -0.05) is 35.8 Å². The Bertz CT molecular complexity index is 2290.